The zero-order chi connectivity index (χ0) is 21.2. The molecule has 1 aliphatic carbocycles. The number of anilines is 1. The third kappa shape index (κ3) is 3.47. The highest BCUT2D eigenvalue weighted by Gasteiger charge is 2.32. The van der Waals surface area contributed by atoms with E-state index in [0.717, 1.165) is 22.6 Å². The number of ether oxygens (including phenoxy) is 2. The van der Waals surface area contributed by atoms with Gasteiger partial charge in [-0.25, -0.2) is 0 Å². The number of fused-ring (bicyclic) bond motifs is 3. The monoisotopic (exact) mass is 407 g/mol. The van der Waals surface area contributed by atoms with Crippen LogP contribution in [0.5, 0.6) is 5.75 Å². The Morgan fingerprint density at radius 2 is 1.29 bits per heavy atom. The van der Waals surface area contributed by atoms with Gasteiger partial charge in [-0.15, -0.1) is 0 Å². The summed E-state index contributed by atoms with van der Waals surface area (Å²) in [5, 5.41) is 3.33. The lowest BCUT2D eigenvalue weighted by atomic mass is 9.98. The van der Waals surface area contributed by atoms with Crippen molar-refractivity contribution >= 4 is 5.69 Å². The smallest absolute Gasteiger partial charge is 0.118 e. The summed E-state index contributed by atoms with van der Waals surface area (Å²) in [6, 6.07) is 33.6. The molecule has 0 aliphatic heterocycles. The topological polar surface area (TPSA) is 30.5 Å². The second-order valence-electron chi connectivity index (χ2n) is 7.68. The van der Waals surface area contributed by atoms with Crippen LogP contribution in [0, 0.1) is 0 Å². The molecule has 1 N–H and O–H groups in total. The molecule has 0 heterocycles. The van der Waals surface area contributed by atoms with Crippen molar-refractivity contribution < 1.29 is 9.47 Å². The van der Waals surface area contributed by atoms with Gasteiger partial charge in [-0.1, -0.05) is 78.9 Å². The third-order valence-electron chi connectivity index (χ3n) is 5.98. The Kier molecular flexibility index (Phi) is 5.19. The van der Waals surface area contributed by atoms with Gasteiger partial charge in [0.05, 0.1) is 7.11 Å². The normalized spacial score (nSPS) is 13.4. The molecule has 1 atom stereocenters. The van der Waals surface area contributed by atoms with Gasteiger partial charge in [0.25, 0.3) is 0 Å². The SMILES string of the molecule is CNc1ccccc1[C@@H](OC1c2ccccc2-c2ccccc21)c1ccc(OC)cc1. The number of benzene rings is 4. The molecule has 3 nitrogen and oxygen atoms in total. The molecular weight excluding hydrogens is 382 g/mol. The van der Waals surface area contributed by atoms with Crippen LogP contribution in [0.2, 0.25) is 0 Å². The van der Waals surface area contributed by atoms with E-state index in [1.54, 1.807) is 7.11 Å². The molecule has 0 fully saturated rings. The average Bonchev–Trinajstić information content (AvgIpc) is 3.16. The highest BCUT2D eigenvalue weighted by atomic mass is 16.5. The van der Waals surface area contributed by atoms with Gasteiger partial charge in [0.1, 0.15) is 18.0 Å². The first-order valence-electron chi connectivity index (χ1n) is 10.5. The van der Waals surface area contributed by atoms with Crippen LogP contribution in [0.1, 0.15) is 34.5 Å². The summed E-state index contributed by atoms with van der Waals surface area (Å²) in [5.41, 5.74) is 8.18. The van der Waals surface area contributed by atoms with E-state index in [1.165, 1.54) is 22.3 Å². The zero-order valence-electron chi connectivity index (χ0n) is 17.7. The van der Waals surface area contributed by atoms with Crippen molar-refractivity contribution in [3.63, 3.8) is 0 Å². The van der Waals surface area contributed by atoms with Gasteiger partial charge in [0, 0.05) is 18.3 Å². The van der Waals surface area contributed by atoms with E-state index in [1.807, 2.05) is 25.2 Å². The second kappa shape index (κ2) is 8.29. The van der Waals surface area contributed by atoms with E-state index < -0.39 is 0 Å². The maximum atomic E-state index is 6.97. The molecule has 0 radical (unpaired) electrons. The van der Waals surface area contributed by atoms with E-state index in [-0.39, 0.29) is 12.2 Å². The third-order valence-corrected chi connectivity index (χ3v) is 5.98. The summed E-state index contributed by atoms with van der Waals surface area (Å²) in [6.07, 6.45) is -0.372. The Labute approximate surface area is 183 Å². The van der Waals surface area contributed by atoms with E-state index in [0.29, 0.717) is 0 Å². The molecule has 0 saturated heterocycles. The van der Waals surface area contributed by atoms with Crippen molar-refractivity contribution in [2.75, 3.05) is 19.5 Å². The summed E-state index contributed by atoms with van der Waals surface area (Å²) in [7, 11) is 3.63. The Bertz CT molecular complexity index is 1150. The number of rotatable bonds is 6. The molecule has 5 rings (SSSR count). The molecule has 0 aromatic heterocycles. The number of methoxy groups -OCH3 is 1. The predicted octanol–water partition coefficient (Wildman–Crippen LogP) is 6.61. The van der Waals surface area contributed by atoms with Crippen LogP contribution < -0.4 is 10.1 Å². The van der Waals surface area contributed by atoms with Crippen LogP contribution in [0.4, 0.5) is 5.69 Å². The minimum atomic E-state index is -0.237. The molecule has 0 unspecified atom stereocenters. The molecule has 0 bridgehead atoms. The van der Waals surface area contributed by atoms with Crippen molar-refractivity contribution in [2.45, 2.75) is 12.2 Å². The van der Waals surface area contributed by atoms with Gasteiger partial charge in [-0.05, 0) is 46.0 Å². The fourth-order valence-electron chi connectivity index (χ4n) is 4.46. The zero-order valence-corrected chi connectivity index (χ0v) is 17.7. The van der Waals surface area contributed by atoms with E-state index in [9.17, 15) is 0 Å². The summed E-state index contributed by atoms with van der Waals surface area (Å²) in [4.78, 5) is 0. The Morgan fingerprint density at radius 3 is 1.90 bits per heavy atom. The lowest BCUT2D eigenvalue weighted by Gasteiger charge is -2.26. The van der Waals surface area contributed by atoms with Gasteiger partial charge in [0.15, 0.2) is 0 Å². The minimum absolute atomic E-state index is 0.135. The summed E-state index contributed by atoms with van der Waals surface area (Å²) >= 11 is 0. The highest BCUT2D eigenvalue weighted by molar-refractivity contribution is 5.78. The fraction of sp³-hybridized carbons (Fsp3) is 0.143. The number of hydrogen-bond donors (Lipinski definition) is 1. The quantitative estimate of drug-likeness (QED) is 0.390. The number of hydrogen-bond acceptors (Lipinski definition) is 3. The molecule has 0 saturated carbocycles. The molecule has 3 heteroatoms. The van der Waals surface area contributed by atoms with Crippen molar-refractivity contribution in [1.82, 2.24) is 0 Å². The Balaban J connectivity index is 1.62. The maximum Gasteiger partial charge on any atom is 0.118 e. The van der Waals surface area contributed by atoms with Crippen molar-refractivity contribution in [1.29, 1.82) is 0 Å². The molecule has 0 spiro atoms. The average molecular weight is 408 g/mol. The van der Waals surface area contributed by atoms with Crippen LogP contribution in [0.25, 0.3) is 11.1 Å². The van der Waals surface area contributed by atoms with Gasteiger partial charge in [0.2, 0.25) is 0 Å². The standard InChI is InChI=1S/C28H25NO2/c1-29-26-14-8-7-13-25(26)27(19-15-17-20(30-2)18-16-19)31-28-23-11-5-3-9-21(23)22-10-4-6-12-24(22)28/h3-18,27-29H,1-2H3/t27-/m0/s1. The molecule has 1 aliphatic rings. The van der Waals surface area contributed by atoms with Crippen LogP contribution in [-0.2, 0) is 4.74 Å². The highest BCUT2D eigenvalue weighted by Crippen LogP contribution is 2.48. The minimum Gasteiger partial charge on any atom is -0.497 e. The fourth-order valence-corrected chi connectivity index (χ4v) is 4.46. The van der Waals surface area contributed by atoms with Crippen LogP contribution >= 0.6 is 0 Å². The Hall–Kier alpha value is -3.56. The lowest BCUT2D eigenvalue weighted by molar-refractivity contribution is 0.0337. The molecule has 4 aromatic carbocycles. The summed E-state index contributed by atoms with van der Waals surface area (Å²) < 4.78 is 12.3. The van der Waals surface area contributed by atoms with Gasteiger partial charge < -0.3 is 14.8 Å². The maximum absolute atomic E-state index is 6.97. The molecule has 31 heavy (non-hydrogen) atoms. The first-order chi connectivity index (χ1) is 15.3. The Morgan fingerprint density at radius 1 is 0.710 bits per heavy atom. The van der Waals surface area contributed by atoms with E-state index >= 15 is 0 Å². The van der Waals surface area contributed by atoms with Gasteiger partial charge in [-0.3, -0.25) is 0 Å². The predicted molar refractivity (Wildman–Crippen MR) is 126 cm³/mol. The lowest BCUT2D eigenvalue weighted by Crippen LogP contribution is -2.13. The van der Waals surface area contributed by atoms with E-state index in [4.69, 9.17) is 9.47 Å². The molecule has 4 aromatic rings. The van der Waals surface area contributed by atoms with Gasteiger partial charge >= 0.3 is 0 Å². The van der Waals surface area contributed by atoms with E-state index in [2.05, 4.69) is 84.2 Å². The van der Waals surface area contributed by atoms with Crippen molar-refractivity contribution in [3.05, 3.63) is 119 Å². The summed E-state index contributed by atoms with van der Waals surface area (Å²) in [6.45, 7) is 0. The number of nitrogens with one attached hydrogen (secondary N) is 1. The van der Waals surface area contributed by atoms with Crippen LogP contribution in [0.3, 0.4) is 0 Å². The first-order valence-corrected chi connectivity index (χ1v) is 10.5. The molecule has 154 valence electrons. The largest absolute Gasteiger partial charge is 0.497 e. The summed E-state index contributed by atoms with van der Waals surface area (Å²) in [5.74, 6) is 0.834. The van der Waals surface area contributed by atoms with Crippen LogP contribution in [-0.4, -0.2) is 14.2 Å². The molecular formula is C28H25NO2. The first kappa shape index (κ1) is 19.4. The van der Waals surface area contributed by atoms with Crippen LogP contribution in [0.15, 0.2) is 97.1 Å². The second-order valence-corrected chi connectivity index (χ2v) is 7.68. The molecule has 0 amide bonds. The van der Waals surface area contributed by atoms with Crippen molar-refractivity contribution in [2.24, 2.45) is 0 Å². The van der Waals surface area contributed by atoms with Crippen molar-refractivity contribution in [3.8, 4) is 16.9 Å². The number of para-hydroxylation sites is 1. The van der Waals surface area contributed by atoms with Gasteiger partial charge in [-0.2, -0.15) is 0 Å².